The maximum absolute atomic E-state index is 11.6. The first-order valence-corrected chi connectivity index (χ1v) is 10.1. The van der Waals surface area contributed by atoms with E-state index in [2.05, 4.69) is 15.6 Å². The molecule has 8 nitrogen and oxygen atoms in total. The summed E-state index contributed by atoms with van der Waals surface area (Å²) in [4.78, 5) is 28.4. The van der Waals surface area contributed by atoms with Crippen molar-refractivity contribution in [3.8, 4) is 0 Å². The Hall–Kier alpha value is -2.64. The number of nitro benzene ring substituents is 1. The van der Waals surface area contributed by atoms with Gasteiger partial charge in [-0.2, -0.15) is 0 Å². The molecule has 0 aromatic heterocycles. The molecule has 0 unspecified atom stereocenters. The third-order valence-electron chi connectivity index (χ3n) is 4.70. The molecule has 2 N–H and O–H groups in total. The van der Waals surface area contributed by atoms with Crippen molar-refractivity contribution in [2.45, 2.75) is 45.4 Å². The van der Waals surface area contributed by atoms with Crippen LogP contribution in [0.3, 0.4) is 0 Å². The quantitative estimate of drug-likeness (QED) is 0.199. The van der Waals surface area contributed by atoms with Gasteiger partial charge in [-0.3, -0.25) is 19.9 Å². The van der Waals surface area contributed by atoms with Gasteiger partial charge in [0.1, 0.15) is 0 Å². The molecule has 28 heavy (non-hydrogen) atoms. The lowest BCUT2D eigenvalue weighted by Gasteiger charge is -2.15. The van der Waals surface area contributed by atoms with Gasteiger partial charge in [-0.1, -0.05) is 12.1 Å². The topological polar surface area (TPSA) is 99.9 Å². The van der Waals surface area contributed by atoms with Crippen LogP contribution in [0.25, 0.3) is 0 Å². The van der Waals surface area contributed by atoms with Crippen LogP contribution < -0.4 is 10.6 Å². The van der Waals surface area contributed by atoms with Crippen molar-refractivity contribution in [2.75, 3.05) is 32.7 Å². The van der Waals surface area contributed by atoms with Crippen LogP contribution in [0.2, 0.25) is 0 Å². The van der Waals surface area contributed by atoms with Crippen LogP contribution in [-0.4, -0.2) is 54.4 Å². The summed E-state index contributed by atoms with van der Waals surface area (Å²) in [5, 5.41) is 17.2. The van der Waals surface area contributed by atoms with Crippen molar-refractivity contribution in [2.24, 2.45) is 4.99 Å². The van der Waals surface area contributed by atoms with E-state index < -0.39 is 0 Å². The number of hydrogen-bond acceptors (Lipinski definition) is 4. The summed E-state index contributed by atoms with van der Waals surface area (Å²) < 4.78 is 0. The molecule has 1 aliphatic heterocycles. The number of unbranched alkanes of at least 4 members (excludes halogenated alkanes) is 1. The van der Waals surface area contributed by atoms with E-state index in [0.717, 1.165) is 69.8 Å². The zero-order valence-corrected chi connectivity index (χ0v) is 16.7. The van der Waals surface area contributed by atoms with Crippen LogP contribution in [0.1, 0.15) is 44.6 Å². The number of rotatable bonds is 11. The van der Waals surface area contributed by atoms with E-state index in [0.29, 0.717) is 13.0 Å². The summed E-state index contributed by atoms with van der Waals surface area (Å²) in [7, 11) is 0. The number of guanidine groups is 1. The molecular formula is C20H31N5O3. The molecule has 1 aliphatic rings. The Balaban J connectivity index is 1.62. The fourth-order valence-electron chi connectivity index (χ4n) is 3.18. The summed E-state index contributed by atoms with van der Waals surface area (Å²) in [6.07, 6.45) is 5.43. The molecule has 8 heteroatoms. The zero-order valence-electron chi connectivity index (χ0n) is 16.7. The van der Waals surface area contributed by atoms with Gasteiger partial charge < -0.3 is 15.5 Å². The highest BCUT2D eigenvalue weighted by Crippen LogP contribution is 2.13. The standard InChI is InChI=1S/C20H31N5O3/c1-2-21-20(23-14-6-16-24-15-5-8-19(24)26)22-13-4-3-7-17-9-11-18(12-10-17)25(27)28/h9-12H,2-8,13-16H2,1H3,(H2,21,22,23). The Morgan fingerprint density at radius 1 is 1.21 bits per heavy atom. The SMILES string of the molecule is CCNC(=NCCCN1CCCC1=O)NCCCCc1ccc([N+](=O)[O-])cc1. The molecule has 1 aromatic carbocycles. The van der Waals surface area contributed by atoms with E-state index in [-0.39, 0.29) is 16.5 Å². The second kappa shape index (κ2) is 11.9. The monoisotopic (exact) mass is 389 g/mol. The van der Waals surface area contributed by atoms with Gasteiger partial charge in [0.25, 0.3) is 5.69 Å². The van der Waals surface area contributed by atoms with Gasteiger partial charge in [-0.25, -0.2) is 0 Å². The number of nitrogens with one attached hydrogen (secondary N) is 2. The van der Waals surface area contributed by atoms with Gasteiger partial charge in [0.05, 0.1) is 4.92 Å². The molecule has 1 saturated heterocycles. The Kier molecular flexibility index (Phi) is 9.24. The largest absolute Gasteiger partial charge is 0.357 e. The highest BCUT2D eigenvalue weighted by atomic mass is 16.6. The molecule has 0 saturated carbocycles. The Morgan fingerprint density at radius 3 is 2.64 bits per heavy atom. The Labute approximate surface area is 166 Å². The lowest BCUT2D eigenvalue weighted by molar-refractivity contribution is -0.384. The molecule has 2 rings (SSSR count). The fourth-order valence-corrected chi connectivity index (χ4v) is 3.18. The lowest BCUT2D eigenvalue weighted by atomic mass is 10.1. The Morgan fingerprint density at radius 2 is 2.00 bits per heavy atom. The van der Waals surface area contributed by atoms with E-state index in [1.807, 2.05) is 24.0 Å². The number of aryl methyl sites for hydroxylation is 1. The summed E-state index contributed by atoms with van der Waals surface area (Å²) in [5.74, 6) is 1.08. The highest BCUT2D eigenvalue weighted by molar-refractivity contribution is 5.79. The van der Waals surface area contributed by atoms with Crippen LogP contribution >= 0.6 is 0 Å². The third-order valence-corrected chi connectivity index (χ3v) is 4.70. The maximum atomic E-state index is 11.6. The molecule has 154 valence electrons. The average molecular weight is 390 g/mol. The number of amides is 1. The number of likely N-dealkylation sites (tertiary alicyclic amines) is 1. The minimum Gasteiger partial charge on any atom is -0.357 e. The van der Waals surface area contributed by atoms with E-state index in [1.54, 1.807) is 12.1 Å². The number of nitro groups is 1. The maximum Gasteiger partial charge on any atom is 0.269 e. The number of benzene rings is 1. The molecule has 1 amide bonds. The van der Waals surface area contributed by atoms with Gasteiger partial charge in [-0.05, 0) is 44.6 Å². The van der Waals surface area contributed by atoms with E-state index in [1.165, 1.54) is 0 Å². The summed E-state index contributed by atoms with van der Waals surface area (Å²) >= 11 is 0. The minimum atomic E-state index is -0.377. The predicted molar refractivity (Wildman–Crippen MR) is 110 cm³/mol. The molecule has 0 radical (unpaired) electrons. The molecular weight excluding hydrogens is 358 g/mol. The van der Waals surface area contributed by atoms with Crippen molar-refractivity contribution < 1.29 is 9.72 Å². The summed E-state index contributed by atoms with van der Waals surface area (Å²) in [6, 6.07) is 6.75. The van der Waals surface area contributed by atoms with Gasteiger partial charge in [0, 0.05) is 51.3 Å². The van der Waals surface area contributed by atoms with Crippen LogP contribution in [0.5, 0.6) is 0 Å². The van der Waals surface area contributed by atoms with Crippen LogP contribution in [0.15, 0.2) is 29.3 Å². The molecule has 1 aromatic rings. The second-order valence-corrected chi connectivity index (χ2v) is 6.91. The van der Waals surface area contributed by atoms with Gasteiger partial charge in [0.15, 0.2) is 5.96 Å². The molecule has 0 atom stereocenters. The number of nitrogens with zero attached hydrogens (tertiary/aromatic N) is 3. The van der Waals surface area contributed by atoms with Gasteiger partial charge in [-0.15, -0.1) is 0 Å². The van der Waals surface area contributed by atoms with Crippen molar-refractivity contribution in [3.63, 3.8) is 0 Å². The Bertz CT molecular complexity index is 660. The van der Waals surface area contributed by atoms with Crippen molar-refractivity contribution in [1.82, 2.24) is 15.5 Å². The number of hydrogen-bond donors (Lipinski definition) is 2. The van der Waals surface area contributed by atoms with Crippen molar-refractivity contribution in [1.29, 1.82) is 0 Å². The number of carbonyl (C=O) groups is 1. The first-order valence-electron chi connectivity index (χ1n) is 10.1. The van der Waals surface area contributed by atoms with Crippen molar-refractivity contribution >= 4 is 17.6 Å². The van der Waals surface area contributed by atoms with E-state index in [9.17, 15) is 14.9 Å². The van der Waals surface area contributed by atoms with Gasteiger partial charge in [0.2, 0.25) is 5.91 Å². The fraction of sp³-hybridized carbons (Fsp3) is 0.600. The molecule has 1 fully saturated rings. The number of non-ortho nitro benzene ring substituents is 1. The van der Waals surface area contributed by atoms with Crippen LogP contribution in [0, 0.1) is 10.1 Å². The molecule has 1 heterocycles. The number of aliphatic imine (C=N–C) groups is 1. The first kappa shape index (κ1) is 21.7. The molecule has 0 aliphatic carbocycles. The molecule has 0 spiro atoms. The van der Waals surface area contributed by atoms with Crippen molar-refractivity contribution in [3.05, 3.63) is 39.9 Å². The molecule has 0 bridgehead atoms. The van der Waals surface area contributed by atoms with E-state index >= 15 is 0 Å². The first-order chi connectivity index (χ1) is 13.6. The average Bonchev–Trinajstić information content (AvgIpc) is 3.10. The normalized spacial score (nSPS) is 14.4. The highest BCUT2D eigenvalue weighted by Gasteiger charge is 2.18. The van der Waals surface area contributed by atoms with E-state index in [4.69, 9.17) is 0 Å². The van der Waals surface area contributed by atoms with Crippen LogP contribution in [-0.2, 0) is 11.2 Å². The second-order valence-electron chi connectivity index (χ2n) is 6.91. The summed E-state index contributed by atoms with van der Waals surface area (Å²) in [5.41, 5.74) is 1.24. The lowest BCUT2D eigenvalue weighted by Crippen LogP contribution is -2.38. The number of carbonyl (C=O) groups excluding carboxylic acids is 1. The zero-order chi connectivity index (χ0) is 20.2. The predicted octanol–water partition coefficient (Wildman–Crippen LogP) is 2.49. The van der Waals surface area contributed by atoms with Gasteiger partial charge >= 0.3 is 0 Å². The third kappa shape index (κ3) is 7.54. The minimum absolute atomic E-state index is 0.131. The summed E-state index contributed by atoms with van der Waals surface area (Å²) in [6.45, 7) is 6.03. The van der Waals surface area contributed by atoms with Crippen LogP contribution in [0.4, 0.5) is 5.69 Å². The smallest absolute Gasteiger partial charge is 0.269 e.